The Hall–Kier alpha value is -2.21. The van der Waals surface area contributed by atoms with Crippen molar-refractivity contribution in [2.75, 3.05) is 5.32 Å². The van der Waals surface area contributed by atoms with Crippen LogP contribution in [0.15, 0.2) is 29.6 Å². The van der Waals surface area contributed by atoms with Gasteiger partial charge in [0.1, 0.15) is 0 Å². The van der Waals surface area contributed by atoms with Gasteiger partial charge in [-0.25, -0.2) is 9.78 Å². The number of anilines is 2. The van der Waals surface area contributed by atoms with E-state index in [2.05, 4.69) is 10.3 Å². The van der Waals surface area contributed by atoms with E-state index in [4.69, 9.17) is 10.5 Å². The fourth-order valence-corrected chi connectivity index (χ4v) is 1.98. The van der Waals surface area contributed by atoms with Gasteiger partial charge in [0.05, 0.1) is 0 Å². The molecule has 0 saturated carbocycles. The third-order valence-electron chi connectivity index (χ3n) is 2.08. The van der Waals surface area contributed by atoms with E-state index in [1.165, 1.54) is 22.9 Å². The molecule has 0 spiro atoms. The van der Waals surface area contributed by atoms with Crippen molar-refractivity contribution in [3.8, 4) is 0 Å². The number of benzene rings is 1. The third-order valence-corrected chi connectivity index (χ3v) is 2.84. The molecule has 0 aliphatic heterocycles. The number of aromatic carboxylic acids is 1. The Labute approximate surface area is 101 Å². The lowest BCUT2D eigenvalue weighted by molar-refractivity contribution is 0.0691. The summed E-state index contributed by atoms with van der Waals surface area (Å²) in [7, 11) is 0. The zero-order valence-electron chi connectivity index (χ0n) is 8.68. The smallest absolute Gasteiger partial charge is 0.355 e. The molecule has 0 saturated heterocycles. The lowest BCUT2D eigenvalue weighted by Crippen LogP contribution is -1.98. The van der Waals surface area contributed by atoms with E-state index in [-0.39, 0.29) is 5.69 Å². The second kappa shape index (κ2) is 4.75. The van der Waals surface area contributed by atoms with E-state index in [9.17, 15) is 4.79 Å². The fourth-order valence-electron chi connectivity index (χ4n) is 1.28. The average molecular weight is 247 g/mol. The molecule has 2 rings (SSSR count). The van der Waals surface area contributed by atoms with Gasteiger partial charge in [-0.3, -0.25) is 0 Å². The molecule has 3 N–H and O–H groups in total. The van der Waals surface area contributed by atoms with Crippen LogP contribution < -0.4 is 5.32 Å². The van der Waals surface area contributed by atoms with Crippen LogP contribution in [0.2, 0.25) is 0 Å². The normalized spacial score (nSPS) is 9.88. The van der Waals surface area contributed by atoms with Crippen LogP contribution in [0.4, 0.5) is 10.8 Å². The molecule has 0 fully saturated rings. The van der Waals surface area contributed by atoms with Crippen molar-refractivity contribution >= 4 is 34.3 Å². The van der Waals surface area contributed by atoms with Gasteiger partial charge in [-0.1, -0.05) is 18.2 Å². The number of nitrogens with zero attached hydrogens (tertiary/aromatic N) is 1. The van der Waals surface area contributed by atoms with Gasteiger partial charge < -0.3 is 15.8 Å². The lowest BCUT2D eigenvalue weighted by atomic mass is 10.2. The lowest BCUT2D eigenvalue weighted by Gasteiger charge is -2.05. The number of nitrogens with one attached hydrogen (secondary N) is 2. The summed E-state index contributed by atoms with van der Waals surface area (Å²) in [6.07, 6.45) is 1.23. The predicted molar refractivity (Wildman–Crippen MR) is 66.7 cm³/mol. The molecule has 1 aromatic heterocycles. The zero-order chi connectivity index (χ0) is 12.3. The van der Waals surface area contributed by atoms with E-state index in [0.29, 0.717) is 5.13 Å². The third kappa shape index (κ3) is 2.48. The van der Waals surface area contributed by atoms with Crippen LogP contribution in [-0.2, 0) is 0 Å². The van der Waals surface area contributed by atoms with Crippen LogP contribution in [0.5, 0.6) is 0 Å². The molecular formula is C11H9N3O2S. The van der Waals surface area contributed by atoms with E-state index in [0.717, 1.165) is 11.3 Å². The van der Waals surface area contributed by atoms with Gasteiger partial charge in [-0.05, 0) is 6.07 Å². The number of rotatable bonds is 4. The number of hydrogen-bond acceptors (Lipinski definition) is 5. The summed E-state index contributed by atoms with van der Waals surface area (Å²) < 4.78 is 0. The maximum Gasteiger partial charge on any atom is 0.355 e. The minimum atomic E-state index is -1.05. The summed E-state index contributed by atoms with van der Waals surface area (Å²) in [5, 5.41) is 21.0. The Balaban J connectivity index is 2.25. The molecule has 86 valence electrons. The number of thiazole rings is 1. The average Bonchev–Trinajstić information content (AvgIpc) is 2.78. The fraction of sp³-hybridized carbons (Fsp3) is 0. The van der Waals surface area contributed by atoms with Crippen molar-refractivity contribution in [2.45, 2.75) is 0 Å². The number of carboxylic acids is 1. The van der Waals surface area contributed by atoms with Gasteiger partial charge in [-0.15, -0.1) is 11.3 Å². The first-order valence-electron chi connectivity index (χ1n) is 4.76. The second-order valence-corrected chi connectivity index (χ2v) is 4.06. The van der Waals surface area contributed by atoms with Gasteiger partial charge in [0.25, 0.3) is 0 Å². The molecule has 0 bridgehead atoms. The Kier molecular flexibility index (Phi) is 3.15. The molecule has 0 aliphatic rings. The largest absolute Gasteiger partial charge is 0.476 e. The predicted octanol–water partition coefficient (Wildman–Crippen LogP) is 2.58. The van der Waals surface area contributed by atoms with Crippen LogP contribution in [-0.4, -0.2) is 22.3 Å². The minimum absolute atomic E-state index is 0.0184. The standard InChI is InChI=1S/C11H9N3O2S/c12-5-7-3-1-2-4-8(7)13-11-14-9(6-17-11)10(15)16/h1-6,12H,(H,13,14)(H,15,16). The Morgan fingerprint density at radius 2 is 2.24 bits per heavy atom. The van der Waals surface area contributed by atoms with Crippen LogP contribution >= 0.6 is 11.3 Å². The first-order chi connectivity index (χ1) is 8.20. The van der Waals surface area contributed by atoms with Crippen molar-refractivity contribution < 1.29 is 9.90 Å². The summed E-state index contributed by atoms with van der Waals surface area (Å²) in [5.74, 6) is -1.05. The van der Waals surface area contributed by atoms with E-state index < -0.39 is 5.97 Å². The maximum absolute atomic E-state index is 10.7. The quantitative estimate of drug-likeness (QED) is 0.725. The molecule has 0 unspecified atom stereocenters. The van der Waals surface area contributed by atoms with Gasteiger partial charge in [0.15, 0.2) is 10.8 Å². The van der Waals surface area contributed by atoms with E-state index >= 15 is 0 Å². The highest BCUT2D eigenvalue weighted by Gasteiger charge is 2.09. The monoisotopic (exact) mass is 247 g/mol. The van der Waals surface area contributed by atoms with Crippen molar-refractivity contribution in [3.05, 3.63) is 40.9 Å². The first-order valence-corrected chi connectivity index (χ1v) is 5.64. The van der Waals surface area contributed by atoms with Gasteiger partial charge >= 0.3 is 5.97 Å². The zero-order valence-corrected chi connectivity index (χ0v) is 9.49. The van der Waals surface area contributed by atoms with E-state index in [1.54, 1.807) is 6.07 Å². The molecule has 5 nitrogen and oxygen atoms in total. The maximum atomic E-state index is 10.7. The van der Waals surface area contributed by atoms with Gasteiger partial charge in [0.2, 0.25) is 0 Å². The first kappa shape index (κ1) is 11.3. The second-order valence-electron chi connectivity index (χ2n) is 3.20. The highest BCUT2D eigenvalue weighted by atomic mass is 32.1. The van der Waals surface area contributed by atoms with Crippen molar-refractivity contribution in [3.63, 3.8) is 0 Å². The Morgan fingerprint density at radius 1 is 1.47 bits per heavy atom. The van der Waals surface area contributed by atoms with E-state index in [1.807, 2.05) is 18.2 Å². The summed E-state index contributed by atoms with van der Waals surface area (Å²) in [4.78, 5) is 14.6. The van der Waals surface area contributed by atoms with Crippen molar-refractivity contribution in [1.82, 2.24) is 4.98 Å². The topological polar surface area (TPSA) is 86.1 Å². The number of hydrogen-bond donors (Lipinski definition) is 3. The highest BCUT2D eigenvalue weighted by molar-refractivity contribution is 7.14. The van der Waals surface area contributed by atoms with Crippen LogP contribution in [0.25, 0.3) is 0 Å². The molecule has 0 atom stereocenters. The number of carboxylic acid groups (broad SMARTS) is 1. The molecule has 2 aromatic rings. The van der Waals surface area contributed by atoms with Crippen molar-refractivity contribution in [1.29, 1.82) is 5.41 Å². The summed E-state index contributed by atoms with van der Waals surface area (Å²) in [5.41, 5.74) is 1.47. The molecule has 0 aliphatic carbocycles. The Morgan fingerprint density at radius 3 is 2.88 bits per heavy atom. The molecule has 6 heteroatoms. The summed E-state index contributed by atoms with van der Waals surface area (Å²) in [6.45, 7) is 0. The summed E-state index contributed by atoms with van der Waals surface area (Å²) in [6, 6.07) is 7.26. The molecule has 0 radical (unpaired) electrons. The van der Waals surface area contributed by atoms with Crippen LogP contribution in [0, 0.1) is 5.41 Å². The van der Waals surface area contributed by atoms with Gasteiger partial charge in [-0.2, -0.15) is 0 Å². The van der Waals surface area contributed by atoms with Crippen LogP contribution in [0.3, 0.4) is 0 Å². The number of carbonyl (C=O) groups is 1. The molecule has 1 aromatic carbocycles. The molecule has 1 heterocycles. The highest BCUT2D eigenvalue weighted by Crippen LogP contribution is 2.22. The SMILES string of the molecule is N=Cc1ccccc1Nc1nc(C(=O)O)cs1. The number of aromatic nitrogens is 1. The van der Waals surface area contributed by atoms with Crippen molar-refractivity contribution in [2.24, 2.45) is 0 Å². The molecule has 0 amide bonds. The minimum Gasteiger partial charge on any atom is -0.476 e. The molecular weight excluding hydrogens is 238 g/mol. The Bertz CT molecular complexity index is 565. The summed E-state index contributed by atoms with van der Waals surface area (Å²) >= 11 is 1.21. The van der Waals surface area contributed by atoms with Crippen LogP contribution in [0.1, 0.15) is 16.1 Å². The molecule has 17 heavy (non-hydrogen) atoms. The van der Waals surface area contributed by atoms with Gasteiger partial charge in [0, 0.05) is 22.8 Å². The number of para-hydroxylation sites is 1.